The second kappa shape index (κ2) is 9.80. The van der Waals surface area contributed by atoms with Crippen LogP contribution in [0.5, 0.6) is 11.5 Å². The van der Waals surface area contributed by atoms with Crippen LogP contribution in [0, 0.1) is 0 Å². The molecule has 0 aliphatic heterocycles. The Morgan fingerprint density at radius 2 is 1.45 bits per heavy atom. The maximum absolute atomic E-state index is 12.5. The summed E-state index contributed by atoms with van der Waals surface area (Å²) < 4.78 is 10.3. The van der Waals surface area contributed by atoms with Crippen LogP contribution in [0.1, 0.15) is 20.7 Å². The van der Waals surface area contributed by atoms with Gasteiger partial charge in [0, 0.05) is 21.7 Å². The quantitative estimate of drug-likeness (QED) is 0.424. The van der Waals surface area contributed by atoms with Crippen LogP contribution in [-0.4, -0.2) is 31.7 Å². The zero-order chi connectivity index (χ0) is 20.6. The lowest BCUT2D eigenvalue weighted by Gasteiger charge is -2.09. The van der Waals surface area contributed by atoms with Crippen LogP contribution < -0.4 is 14.8 Å². The van der Waals surface area contributed by atoms with Gasteiger partial charge >= 0.3 is 0 Å². The Labute approximate surface area is 174 Å². The molecule has 3 rings (SSSR count). The fraction of sp³-hybridized carbons (Fsp3) is 0.130. The van der Waals surface area contributed by atoms with Crippen molar-refractivity contribution in [1.29, 1.82) is 0 Å². The maximum atomic E-state index is 12.5. The van der Waals surface area contributed by atoms with Crippen molar-refractivity contribution in [3.05, 3.63) is 83.9 Å². The average molecular weight is 407 g/mol. The summed E-state index contributed by atoms with van der Waals surface area (Å²) in [6.07, 6.45) is 0. The van der Waals surface area contributed by atoms with Crippen LogP contribution >= 0.6 is 11.8 Å². The minimum atomic E-state index is -0.224. The standard InChI is InChI=1S/C23H21NO4S/c1-27-19-9-3-6-16(12-19)22(25)15-29-21-11-5-8-18(14-21)24-23(26)17-7-4-10-20(13-17)28-2/h3-14H,15H2,1-2H3,(H,24,26). The second-order valence-corrected chi connectivity index (χ2v) is 7.21. The van der Waals surface area contributed by atoms with Gasteiger partial charge in [-0.2, -0.15) is 0 Å². The Bertz CT molecular complexity index is 1020. The first-order chi connectivity index (χ1) is 14.1. The van der Waals surface area contributed by atoms with Crippen molar-refractivity contribution in [2.45, 2.75) is 4.90 Å². The molecule has 29 heavy (non-hydrogen) atoms. The molecule has 0 aliphatic rings. The summed E-state index contributed by atoms with van der Waals surface area (Å²) in [4.78, 5) is 25.8. The molecule has 0 atom stereocenters. The van der Waals surface area contributed by atoms with E-state index in [1.165, 1.54) is 11.8 Å². The van der Waals surface area contributed by atoms with Crippen molar-refractivity contribution >= 4 is 29.1 Å². The van der Waals surface area contributed by atoms with E-state index in [4.69, 9.17) is 9.47 Å². The number of carbonyl (C=O) groups excluding carboxylic acids is 2. The lowest BCUT2D eigenvalue weighted by atomic mass is 10.1. The lowest BCUT2D eigenvalue weighted by Crippen LogP contribution is -2.11. The van der Waals surface area contributed by atoms with Gasteiger partial charge in [0.2, 0.25) is 0 Å². The van der Waals surface area contributed by atoms with Crippen molar-refractivity contribution in [3.63, 3.8) is 0 Å². The Morgan fingerprint density at radius 1 is 0.828 bits per heavy atom. The first-order valence-corrected chi connectivity index (χ1v) is 9.93. The van der Waals surface area contributed by atoms with Crippen LogP contribution in [-0.2, 0) is 0 Å². The average Bonchev–Trinajstić information content (AvgIpc) is 2.77. The molecule has 0 spiro atoms. The predicted octanol–water partition coefficient (Wildman–Crippen LogP) is 4.93. The lowest BCUT2D eigenvalue weighted by molar-refractivity contribution is 0.101. The molecule has 3 aromatic carbocycles. The first kappa shape index (κ1) is 20.5. The van der Waals surface area contributed by atoms with Crippen LogP contribution in [0.2, 0.25) is 0 Å². The van der Waals surface area contributed by atoms with Crippen molar-refractivity contribution in [3.8, 4) is 11.5 Å². The predicted molar refractivity (Wildman–Crippen MR) is 115 cm³/mol. The number of nitrogens with one attached hydrogen (secondary N) is 1. The molecule has 0 heterocycles. The highest BCUT2D eigenvalue weighted by molar-refractivity contribution is 8.00. The van der Waals surface area contributed by atoms with E-state index in [9.17, 15) is 9.59 Å². The largest absolute Gasteiger partial charge is 0.497 e. The molecule has 0 radical (unpaired) electrons. The minimum Gasteiger partial charge on any atom is -0.497 e. The summed E-state index contributed by atoms with van der Waals surface area (Å²) in [5.41, 5.74) is 1.78. The van der Waals surface area contributed by atoms with Gasteiger partial charge in [0.1, 0.15) is 11.5 Å². The number of hydrogen-bond acceptors (Lipinski definition) is 5. The number of hydrogen-bond donors (Lipinski definition) is 1. The van der Waals surface area contributed by atoms with Gasteiger partial charge in [-0.15, -0.1) is 11.8 Å². The van der Waals surface area contributed by atoms with E-state index in [1.54, 1.807) is 62.8 Å². The molecule has 0 bridgehead atoms. The highest BCUT2D eigenvalue weighted by atomic mass is 32.2. The number of ether oxygens (including phenoxy) is 2. The molecule has 3 aromatic rings. The Hall–Kier alpha value is -3.25. The zero-order valence-electron chi connectivity index (χ0n) is 16.2. The number of methoxy groups -OCH3 is 2. The topological polar surface area (TPSA) is 64.6 Å². The third-order valence-corrected chi connectivity index (χ3v) is 5.18. The monoisotopic (exact) mass is 407 g/mol. The third kappa shape index (κ3) is 5.62. The number of Topliss-reactive ketones (excluding diaryl/α,β-unsaturated/α-hetero) is 1. The van der Waals surface area contributed by atoms with Crippen LogP contribution in [0.15, 0.2) is 77.7 Å². The summed E-state index contributed by atoms with van der Waals surface area (Å²) in [6, 6.07) is 21.5. The van der Waals surface area contributed by atoms with E-state index in [0.717, 1.165) is 4.90 Å². The molecule has 5 nitrogen and oxygen atoms in total. The summed E-state index contributed by atoms with van der Waals surface area (Å²) in [6.45, 7) is 0. The smallest absolute Gasteiger partial charge is 0.255 e. The fourth-order valence-electron chi connectivity index (χ4n) is 2.66. The molecule has 1 amide bonds. The molecule has 6 heteroatoms. The summed E-state index contributed by atoms with van der Waals surface area (Å²) in [7, 11) is 3.13. The first-order valence-electron chi connectivity index (χ1n) is 8.94. The summed E-state index contributed by atoms with van der Waals surface area (Å²) >= 11 is 1.42. The number of ketones is 1. The molecular formula is C23H21NO4S. The molecule has 148 valence electrons. The van der Waals surface area contributed by atoms with E-state index < -0.39 is 0 Å². The fourth-order valence-corrected chi connectivity index (χ4v) is 3.51. The minimum absolute atomic E-state index is 0.0136. The van der Waals surface area contributed by atoms with Crippen molar-refractivity contribution in [2.24, 2.45) is 0 Å². The third-order valence-electron chi connectivity index (χ3n) is 4.19. The SMILES string of the molecule is COc1cccc(C(=O)CSc2cccc(NC(=O)c3cccc(OC)c3)c2)c1. The van der Waals surface area contributed by atoms with Gasteiger partial charge in [-0.05, 0) is 48.5 Å². The second-order valence-electron chi connectivity index (χ2n) is 6.16. The highest BCUT2D eigenvalue weighted by Gasteiger charge is 2.10. The number of anilines is 1. The number of carbonyl (C=O) groups is 2. The van der Waals surface area contributed by atoms with Crippen molar-refractivity contribution < 1.29 is 19.1 Å². The number of amides is 1. The van der Waals surface area contributed by atoms with Gasteiger partial charge in [0.15, 0.2) is 5.78 Å². The Kier molecular flexibility index (Phi) is 6.92. The van der Waals surface area contributed by atoms with E-state index in [0.29, 0.717) is 34.1 Å². The highest BCUT2D eigenvalue weighted by Crippen LogP contribution is 2.24. The van der Waals surface area contributed by atoms with Crippen LogP contribution in [0.4, 0.5) is 5.69 Å². The normalized spacial score (nSPS) is 10.3. The number of benzene rings is 3. The van der Waals surface area contributed by atoms with E-state index >= 15 is 0 Å². The van der Waals surface area contributed by atoms with E-state index in [1.807, 2.05) is 24.3 Å². The van der Waals surface area contributed by atoms with Crippen molar-refractivity contribution in [1.82, 2.24) is 0 Å². The molecule has 0 saturated carbocycles. The van der Waals surface area contributed by atoms with Gasteiger partial charge < -0.3 is 14.8 Å². The maximum Gasteiger partial charge on any atom is 0.255 e. The number of rotatable bonds is 8. The molecule has 0 aliphatic carbocycles. The molecule has 1 N–H and O–H groups in total. The van der Waals surface area contributed by atoms with Gasteiger partial charge in [0.25, 0.3) is 5.91 Å². The molecule has 0 unspecified atom stereocenters. The Morgan fingerprint density at radius 3 is 2.14 bits per heavy atom. The van der Waals surface area contributed by atoms with Gasteiger partial charge in [0.05, 0.1) is 20.0 Å². The number of thioether (sulfide) groups is 1. The van der Waals surface area contributed by atoms with E-state index in [2.05, 4.69) is 5.32 Å². The van der Waals surface area contributed by atoms with Gasteiger partial charge in [-0.1, -0.05) is 24.3 Å². The van der Waals surface area contributed by atoms with E-state index in [-0.39, 0.29) is 11.7 Å². The summed E-state index contributed by atoms with van der Waals surface area (Å²) in [5.74, 6) is 1.36. The van der Waals surface area contributed by atoms with Crippen LogP contribution in [0.3, 0.4) is 0 Å². The molecule has 0 saturated heterocycles. The molecule has 0 aromatic heterocycles. The van der Waals surface area contributed by atoms with Gasteiger partial charge in [-0.3, -0.25) is 9.59 Å². The summed E-state index contributed by atoms with van der Waals surface area (Å²) in [5, 5.41) is 2.88. The Balaban J connectivity index is 1.63. The molecule has 0 fully saturated rings. The van der Waals surface area contributed by atoms with Gasteiger partial charge in [-0.25, -0.2) is 0 Å². The van der Waals surface area contributed by atoms with Crippen molar-refractivity contribution in [2.75, 3.05) is 25.3 Å². The zero-order valence-corrected chi connectivity index (χ0v) is 17.0. The van der Waals surface area contributed by atoms with Crippen LogP contribution in [0.25, 0.3) is 0 Å². The molecular weight excluding hydrogens is 386 g/mol.